The number of rotatable bonds is 1. The van der Waals surface area contributed by atoms with Gasteiger partial charge in [0.05, 0.1) is 22.5 Å². The van der Waals surface area contributed by atoms with Crippen LogP contribution in [-0.2, 0) is 0 Å². The predicted molar refractivity (Wildman–Crippen MR) is 75.9 cm³/mol. The van der Waals surface area contributed by atoms with Gasteiger partial charge in [-0.1, -0.05) is 23.4 Å². The number of nitrogens with zero attached hydrogens (tertiary/aromatic N) is 4. The van der Waals surface area contributed by atoms with Crippen molar-refractivity contribution in [1.82, 2.24) is 19.9 Å². The van der Waals surface area contributed by atoms with Gasteiger partial charge in [-0.25, -0.2) is 4.68 Å². The van der Waals surface area contributed by atoms with Gasteiger partial charge >= 0.3 is 0 Å². The predicted octanol–water partition coefficient (Wildman–Crippen LogP) is 3.18. The third-order valence-corrected chi connectivity index (χ3v) is 3.47. The molecule has 0 saturated heterocycles. The molecule has 5 nitrogen and oxygen atoms in total. The van der Waals surface area contributed by atoms with Crippen LogP contribution in [0.25, 0.3) is 27.8 Å². The van der Waals surface area contributed by atoms with E-state index in [-0.39, 0.29) is 0 Å². The quantitative estimate of drug-likeness (QED) is 0.530. The van der Waals surface area contributed by atoms with E-state index in [0.717, 1.165) is 33.5 Å². The van der Waals surface area contributed by atoms with Crippen LogP contribution in [-0.4, -0.2) is 19.9 Å². The van der Waals surface area contributed by atoms with Crippen molar-refractivity contribution in [2.24, 2.45) is 0 Å². The number of fused-ring (bicyclic) bond motifs is 2. The van der Waals surface area contributed by atoms with Crippen molar-refractivity contribution < 1.29 is 4.52 Å². The fraction of sp³-hybridized carbons (Fsp3) is 0.133. The fourth-order valence-corrected chi connectivity index (χ4v) is 2.41. The van der Waals surface area contributed by atoms with E-state index in [1.165, 1.54) is 0 Å². The highest BCUT2D eigenvalue weighted by Gasteiger charge is 2.14. The van der Waals surface area contributed by atoms with Crippen molar-refractivity contribution in [3.63, 3.8) is 0 Å². The molecule has 5 heteroatoms. The van der Waals surface area contributed by atoms with Crippen molar-refractivity contribution >= 4 is 22.1 Å². The van der Waals surface area contributed by atoms with Gasteiger partial charge in [0.15, 0.2) is 5.65 Å². The van der Waals surface area contributed by atoms with Gasteiger partial charge in [-0.05, 0) is 32.0 Å². The minimum atomic E-state index is 0.548. The topological polar surface area (TPSA) is 56.7 Å². The van der Waals surface area contributed by atoms with Gasteiger partial charge in [0.25, 0.3) is 5.71 Å². The van der Waals surface area contributed by atoms with E-state index in [9.17, 15) is 0 Å². The molecule has 0 aliphatic carbocycles. The number of aromatic nitrogens is 4. The molecule has 0 saturated carbocycles. The van der Waals surface area contributed by atoms with E-state index < -0.39 is 0 Å². The number of benzene rings is 1. The largest absolute Gasteiger partial charge is 0.335 e. The van der Waals surface area contributed by atoms with E-state index in [1.807, 2.05) is 54.9 Å². The lowest BCUT2D eigenvalue weighted by Gasteiger charge is -2.01. The maximum atomic E-state index is 5.25. The van der Waals surface area contributed by atoms with Gasteiger partial charge in [-0.2, -0.15) is 10.1 Å². The van der Waals surface area contributed by atoms with Crippen molar-refractivity contribution in [2.45, 2.75) is 13.8 Å². The lowest BCUT2D eigenvalue weighted by molar-refractivity contribution is 0.443. The lowest BCUT2D eigenvalue weighted by atomic mass is 10.2. The summed E-state index contributed by atoms with van der Waals surface area (Å²) in [6.07, 6.45) is 0. The summed E-state index contributed by atoms with van der Waals surface area (Å²) in [5.41, 5.74) is 4.11. The normalized spacial score (nSPS) is 11.5. The number of aryl methyl sites for hydroxylation is 2. The van der Waals surface area contributed by atoms with E-state index in [4.69, 9.17) is 4.52 Å². The first-order chi connectivity index (χ1) is 9.74. The molecule has 4 aromatic rings. The molecule has 0 fully saturated rings. The SMILES string of the molecule is Cc1noc2nc3c(cc12)c(C)nn3-c1ccccc1. The summed E-state index contributed by atoms with van der Waals surface area (Å²) in [6.45, 7) is 3.90. The Labute approximate surface area is 114 Å². The summed E-state index contributed by atoms with van der Waals surface area (Å²) in [5.74, 6) is 0. The Morgan fingerprint density at radius 3 is 2.60 bits per heavy atom. The molecular weight excluding hydrogens is 252 g/mol. The summed E-state index contributed by atoms with van der Waals surface area (Å²) in [5, 5.41) is 10.5. The molecule has 0 atom stereocenters. The molecule has 0 spiro atoms. The van der Waals surface area contributed by atoms with Crippen molar-refractivity contribution in [1.29, 1.82) is 0 Å². The number of hydrogen-bond donors (Lipinski definition) is 0. The minimum absolute atomic E-state index is 0.548. The van der Waals surface area contributed by atoms with Gasteiger partial charge in [0, 0.05) is 5.39 Å². The second-order valence-corrected chi connectivity index (χ2v) is 4.81. The van der Waals surface area contributed by atoms with Crippen molar-refractivity contribution in [3.05, 3.63) is 47.8 Å². The van der Waals surface area contributed by atoms with Crippen LogP contribution in [0.5, 0.6) is 0 Å². The molecule has 3 aromatic heterocycles. The van der Waals surface area contributed by atoms with Crippen LogP contribution in [0.3, 0.4) is 0 Å². The van der Waals surface area contributed by atoms with Crippen LogP contribution >= 0.6 is 0 Å². The van der Waals surface area contributed by atoms with Gasteiger partial charge in [0.1, 0.15) is 0 Å². The lowest BCUT2D eigenvalue weighted by Crippen LogP contribution is -1.97. The average molecular weight is 264 g/mol. The summed E-state index contributed by atoms with van der Waals surface area (Å²) in [6, 6.07) is 12.0. The zero-order valence-electron chi connectivity index (χ0n) is 11.2. The molecule has 0 amide bonds. The average Bonchev–Trinajstić information content (AvgIpc) is 3.00. The standard InChI is InChI=1S/C15H12N4O/c1-9-12-8-13-10(2)18-20-15(13)16-14(12)19(17-9)11-6-4-3-5-7-11/h3-8H,1-2H3. The van der Waals surface area contributed by atoms with Crippen LogP contribution < -0.4 is 0 Å². The van der Waals surface area contributed by atoms with Crippen molar-refractivity contribution in [2.75, 3.05) is 0 Å². The summed E-state index contributed by atoms with van der Waals surface area (Å²) in [4.78, 5) is 4.57. The van der Waals surface area contributed by atoms with Crippen molar-refractivity contribution in [3.8, 4) is 5.69 Å². The molecule has 98 valence electrons. The third-order valence-electron chi connectivity index (χ3n) is 3.47. The molecule has 1 aromatic carbocycles. The Hall–Kier alpha value is -2.69. The van der Waals surface area contributed by atoms with Gasteiger partial charge in [0.2, 0.25) is 0 Å². The Bertz CT molecular complexity index is 921. The molecule has 0 bridgehead atoms. The Balaban J connectivity index is 2.10. The Morgan fingerprint density at radius 2 is 1.80 bits per heavy atom. The van der Waals surface area contributed by atoms with E-state index in [0.29, 0.717) is 5.71 Å². The van der Waals surface area contributed by atoms with Crippen LogP contribution in [0.15, 0.2) is 40.9 Å². The number of para-hydroxylation sites is 1. The van der Waals surface area contributed by atoms with Crippen LogP contribution in [0, 0.1) is 13.8 Å². The van der Waals surface area contributed by atoms with E-state index in [1.54, 1.807) is 0 Å². The van der Waals surface area contributed by atoms with Gasteiger partial charge in [-0.3, -0.25) is 0 Å². The fourth-order valence-electron chi connectivity index (χ4n) is 2.41. The molecule has 0 aliphatic rings. The first kappa shape index (κ1) is 11.2. The molecule has 0 radical (unpaired) electrons. The molecule has 0 unspecified atom stereocenters. The summed E-state index contributed by atoms with van der Waals surface area (Å²) >= 11 is 0. The highest BCUT2D eigenvalue weighted by atomic mass is 16.5. The molecule has 4 rings (SSSR count). The second-order valence-electron chi connectivity index (χ2n) is 4.81. The first-order valence-electron chi connectivity index (χ1n) is 6.42. The number of pyridine rings is 1. The number of hydrogen-bond acceptors (Lipinski definition) is 4. The molecule has 0 N–H and O–H groups in total. The van der Waals surface area contributed by atoms with E-state index in [2.05, 4.69) is 15.2 Å². The monoisotopic (exact) mass is 264 g/mol. The smallest absolute Gasteiger partial charge is 0.260 e. The Kier molecular flexibility index (Phi) is 2.18. The maximum Gasteiger partial charge on any atom is 0.260 e. The van der Waals surface area contributed by atoms with Crippen LogP contribution in [0.2, 0.25) is 0 Å². The van der Waals surface area contributed by atoms with Crippen LogP contribution in [0.1, 0.15) is 11.4 Å². The third kappa shape index (κ3) is 1.46. The zero-order chi connectivity index (χ0) is 13.7. The molecule has 20 heavy (non-hydrogen) atoms. The highest BCUT2D eigenvalue weighted by molar-refractivity contribution is 5.91. The van der Waals surface area contributed by atoms with E-state index >= 15 is 0 Å². The summed E-state index contributed by atoms with van der Waals surface area (Å²) < 4.78 is 7.09. The summed E-state index contributed by atoms with van der Waals surface area (Å²) in [7, 11) is 0. The van der Waals surface area contributed by atoms with Crippen LogP contribution in [0.4, 0.5) is 0 Å². The van der Waals surface area contributed by atoms with Gasteiger partial charge in [-0.15, -0.1) is 0 Å². The molecule has 0 aliphatic heterocycles. The molecule has 3 heterocycles. The van der Waals surface area contributed by atoms with Gasteiger partial charge < -0.3 is 4.52 Å². The first-order valence-corrected chi connectivity index (χ1v) is 6.42. The highest BCUT2D eigenvalue weighted by Crippen LogP contribution is 2.25. The molecular formula is C15H12N4O. The second kappa shape index (κ2) is 3.90. The Morgan fingerprint density at radius 1 is 1.00 bits per heavy atom. The maximum absolute atomic E-state index is 5.25. The zero-order valence-corrected chi connectivity index (χ0v) is 11.2. The minimum Gasteiger partial charge on any atom is -0.335 e.